The molecule has 4 amide bonds. The lowest BCUT2D eigenvalue weighted by molar-refractivity contribution is -0.137. The van der Waals surface area contributed by atoms with Crippen molar-refractivity contribution in [2.45, 2.75) is 17.9 Å². The Labute approximate surface area is 208 Å². The van der Waals surface area contributed by atoms with Crippen LogP contribution in [0.3, 0.4) is 0 Å². The number of methoxy groups -OCH3 is 1. The van der Waals surface area contributed by atoms with Crippen LogP contribution in [0.2, 0.25) is 5.02 Å². The topological polar surface area (TPSA) is 108 Å². The average molecular weight is 521 g/mol. The zero-order valence-corrected chi connectivity index (χ0v) is 20.8. The zero-order chi connectivity index (χ0) is 25.3. The van der Waals surface area contributed by atoms with Crippen molar-refractivity contribution in [3.63, 3.8) is 0 Å². The quantitative estimate of drug-likeness (QED) is 0.539. The first kappa shape index (κ1) is 25.0. The third-order valence-corrected chi connectivity index (χ3v) is 8.30. The highest BCUT2D eigenvalue weighted by Crippen LogP contribution is 2.27. The Morgan fingerprint density at radius 1 is 1.00 bits per heavy atom. The normalized spacial score (nSPS) is 19.4. The number of urea groups is 1. The number of anilines is 1. The highest BCUT2D eigenvalue weighted by Gasteiger charge is 2.44. The molecule has 12 heteroatoms. The van der Waals surface area contributed by atoms with Gasteiger partial charge < -0.3 is 9.64 Å². The van der Waals surface area contributed by atoms with Gasteiger partial charge in [0.2, 0.25) is 15.9 Å². The third-order valence-electron chi connectivity index (χ3n) is 6.13. The SMILES string of the molecule is COc1ccc(S(=O)(=O)N2CCN(C(=O)CN3C(=O)[C@H](C)N(c4ccc(Cl)cc4)C3=O)CC2)cc1. The lowest BCUT2D eigenvalue weighted by atomic mass is 10.2. The van der Waals surface area contributed by atoms with E-state index in [1.165, 1.54) is 33.3 Å². The molecule has 0 aromatic heterocycles. The van der Waals surface area contributed by atoms with Gasteiger partial charge in [0.1, 0.15) is 18.3 Å². The van der Waals surface area contributed by atoms with Gasteiger partial charge in [-0.25, -0.2) is 13.2 Å². The predicted octanol–water partition coefficient (Wildman–Crippen LogP) is 2.04. The summed E-state index contributed by atoms with van der Waals surface area (Å²) < 4.78 is 32.2. The van der Waals surface area contributed by atoms with Gasteiger partial charge in [-0.2, -0.15) is 4.31 Å². The molecule has 35 heavy (non-hydrogen) atoms. The largest absolute Gasteiger partial charge is 0.497 e. The maximum Gasteiger partial charge on any atom is 0.332 e. The summed E-state index contributed by atoms with van der Waals surface area (Å²) in [5.74, 6) is -0.341. The number of hydrogen-bond acceptors (Lipinski definition) is 6. The van der Waals surface area contributed by atoms with Crippen LogP contribution < -0.4 is 9.64 Å². The summed E-state index contributed by atoms with van der Waals surface area (Å²) in [5, 5.41) is 0.500. The Kier molecular flexibility index (Phi) is 7.02. The molecule has 2 aromatic rings. The fourth-order valence-electron chi connectivity index (χ4n) is 4.12. The van der Waals surface area contributed by atoms with Gasteiger partial charge in [0, 0.05) is 36.9 Å². The van der Waals surface area contributed by atoms with E-state index >= 15 is 0 Å². The van der Waals surface area contributed by atoms with Gasteiger partial charge in [-0.05, 0) is 55.5 Å². The van der Waals surface area contributed by atoms with E-state index in [-0.39, 0.29) is 31.1 Å². The van der Waals surface area contributed by atoms with E-state index in [0.29, 0.717) is 16.5 Å². The fraction of sp³-hybridized carbons (Fsp3) is 0.348. The van der Waals surface area contributed by atoms with Crippen LogP contribution in [0.4, 0.5) is 10.5 Å². The summed E-state index contributed by atoms with van der Waals surface area (Å²) in [7, 11) is -2.22. The molecular weight excluding hydrogens is 496 g/mol. The van der Waals surface area contributed by atoms with E-state index < -0.39 is 40.5 Å². The Bertz CT molecular complexity index is 1230. The minimum atomic E-state index is -3.72. The highest BCUT2D eigenvalue weighted by molar-refractivity contribution is 7.89. The van der Waals surface area contributed by atoms with Crippen LogP contribution in [0.5, 0.6) is 5.75 Å². The van der Waals surface area contributed by atoms with Gasteiger partial charge >= 0.3 is 6.03 Å². The smallest absolute Gasteiger partial charge is 0.332 e. The number of ether oxygens (including phenoxy) is 1. The average Bonchev–Trinajstić information content (AvgIpc) is 3.07. The maximum absolute atomic E-state index is 12.9. The molecule has 2 fully saturated rings. The monoisotopic (exact) mass is 520 g/mol. The lowest BCUT2D eigenvalue weighted by Crippen LogP contribution is -2.53. The third kappa shape index (κ3) is 4.84. The number of carbonyl (C=O) groups is 3. The van der Waals surface area contributed by atoms with Gasteiger partial charge in [-0.15, -0.1) is 0 Å². The first-order chi connectivity index (χ1) is 16.6. The molecule has 0 unspecified atom stereocenters. The summed E-state index contributed by atoms with van der Waals surface area (Å²) in [4.78, 5) is 42.5. The molecular formula is C23H25ClN4O6S. The van der Waals surface area contributed by atoms with Gasteiger partial charge in [0.15, 0.2) is 0 Å². The summed E-state index contributed by atoms with van der Waals surface area (Å²) in [6.07, 6.45) is 0. The summed E-state index contributed by atoms with van der Waals surface area (Å²) >= 11 is 5.91. The van der Waals surface area contributed by atoms with E-state index in [9.17, 15) is 22.8 Å². The molecule has 0 N–H and O–H groups in total. The van der Waals surface area contributed by atoms with Crippen LogP contribution in [-0.2, 0) is 19.6 Å². The number of benzene rings is 2. The van der Waals surface area contributed by atoms with E-state index in [0.717, 1.165) is 4.90 Å². The molecule has 0 radical (unpaired) electrons. The van der Waals surface area contributed by atoms with Crippen molar-refractivity contribution in [3.8, 4) is 5.75 Å². The summed E-state index contributed by atoms with van der Waals surface area (Å²) in [6.45, 7) is 1.71. The molecule has 10 nitrogen and oxygen atoms in total. The van der Waals surface area contributed by atoms with Crippen LogP contribution in [0.15, 0.2) is 53.4 Å². The number of imide groups is 1. The van der Waals surface area contributed by atoms with Gasteiger partial charge in [0.25, 0.3) is 5.91 Å². The summed E-state index contributed by atoms with van der Waals surface area (Å²) in [6, 6.07) is 11.3. The molecule has 186 valence electrons. The standard InChI is InChI=1S/C23H25ClN4O6S/c1-16-22(30)27(23(31)28(16)18-5-3-17(24)4-6-18)15-21(29)25-11-13-26(14-12-25)35(32,33)20-9-7-19(34-2)8-10-20/h3-10,16H,11-15H2,1-2H3/t16-/m0/s1. The molecule has 2 aliphatic heterocycles. The highest BCUT2D eigenvalue weighted by atomic mass is 35.5. The van der Waals surface area contributed by atoms with Gasteiger partial charge in [0.05, 0.1) is 12.0 Å². The van der Waals surface area contributed by atoms with Crippen molar-refractivity contribution < 1.29 is 27.5 Å². The van der Waals surface area contributed by atoms with Gasteiger partial charge in [-0.3, -0.25) is 19.4 Å². The number of nitrogens with zero attached hydrogens (tertiary/aromatic N) is 4. The van der Waals surface area contributed by atoms with Crippen molar-refractivity contribution in [3.05, 3.63) is 53.6 Å². The van der Waals surface area contributed by atoms with Crippen LogP contribution in [0.1, 0.15) is 6.92 Å². The zero-order valence-electron chi connectivity index (χ0n) is 19.3. The van der Waals surface area contributed by atoms with E-state index in [4.69, 9.17) is 16.3 Å². The fourth-order valence-corrected chi connectivity index (χ4v) is 5.67. The minimum absolute atomic E-state index is 0.106. The molecule has 0 saturated carbocycles. The van der Waals surface area contributed by atoms with E-state index in [1.807, 2.05) is 0 Å². The second-order valence-electron chi connectivity index (χ2n) is 8.19. The number of carbonyl (C=O) groups excluding carboxylic acids is 3. The molecule has 1 atom stereocenters. The Hall–Kier alpha value is -3.15. The number of hydrogen-bond donors (Lipinski definition) is 0. The van der Waals surface area contributed by atoms with Crippen molar-refractivity contribution in [1.29, 1.82) is 0 Å². The Morgan fingerprint density at radius 2 is 1.60 bits per heavy atom. The van der Waals surface area contributed by atoms with Crippen LogP contribution in [0.25, 0.3) is 0 Å². The van der Waals surface area contributed by atoms with Gasteiger partial charge in [-0.1, -0.05) is 11.6 Å². The van der Waals surface area contributed by atoms with Crippen molar-refractivity contribution in [1.82, 2.24) is 14.1 Å². The molecule has 0 aliphatic carbocycles. The second kappa shape index (κ2) is 9.84. The molecule has 2 aliphatic rings. The molecule has 2 heterocycles. The Balaban J connectivity index is 1.38. The molecule has 2 saturated heterocycles. The van der Waals surface area contributed by atoms with Crippen LogP contribution >= 0.6 is 11.6 Å². The molecule has 2 aromatic carbocycles. The van der Waals surface area contributed by atoms with Crippen LogP contribution in [-0.4, -0.2) is 86.2 Å². The van der Waals surface area contributed by atoms with Crippen molar-refractivity contribution in [2.24, 2.45) is 0 Å². The first-order valence-corrected chi connectivity index (χ1v) is 12.8. The minimum Gasteiger partial charge on any atom is -0.497 e. The molecule has 0 spiro atoms. The second-order valence-corrected chi connectivity index (χ2v) is 10.6. The summed E-state index contributed by atoms with van der Waals surface area (Å²) in [5.41, 5.74) is 0.507. The first-order valence-electron chi connectivity index (χ1n) is 11.0. The number of rotatable bonds is 6. The molecule has 4 rings (SSSR count). The van der Waals surface area contributed by atoms with E-state index in [1.54, 1.807) is 43.3 Å². The number of amides is 4. The molecule has 0 bridgehead atoms. The number of piperazine rings is 1. The lowest BCUT2D eigenvalue weighted by Gasteiger charge is -2.34. The van der Waals surface area contributed by atoms with Crippen molar-refractivity contribution >= 4 is 45.2 Å². The maximum atomic E-state index is 12.9. The number of halogens is 1. The Morgan fingerprint density at radius 3 is 2.17 bits per heavy atom. The van der Waals surface area contributed by atoms with Crippen molar-refractivity contribution in [2.75, 3.05) is 44.7 Å². The predicted molar refractivity (Wildman–Crippen MR) is 129 cm³/mol. The van der Waals surface area contributed by atoms with E-state index in [2.05, 4.69) is 0 Å². The van der Waals surface area contributed by atoms with Crippen LogP contribution in [0, 0.1) is 0 Å². The number of sulfonamides is 1.